The van der Waals surface area contributed by atoms with E-state index in [2.05, 4.69) is 27.2 Å². The second-order valence-electron chi connectivity index (χ2n) is 6.57. The van der Waals surface area contributed by atoms with Gasteiger partial charge in [-0.2, -0.15) is 4.98 Å². The van der Waals surface area contributed by atoms with Gasteiger partial charge in [-0.1, -0.05) is 23.4 Å². The summed E-state index contributed by atoms with van der Waals surface area (Å²) in [6.07, 6.45) is 7.23. The number of carbonyl (C=O) groups excluding carboxylic acids is 1. The zero-order chi connectivity index (χ0) is 17.1. The van der Waals surface area contributed by atoms with E-state index in [-0.39, 0.29) is 5.92 Å². The molecular formula is C18H22N4O2S. The predicted octanol–water partition coefficient (Wildman–Crippen LogP) is 2.80. The molecule has 1 atom stereocenters. The van der Waals surface area contributed by atoms with Crippen molar-refractivity contribution >= 4 is 17.2 Å². The molecule has 0 bridgehead atoms. The second kappa shape index (κ2) is 7.49. The number of rotatable bonds is 4. The van der Waals surface area contributed by atoms with Gasteiger partial charge in [0, 0.05) is 32.1 Å². The Labute approximate surface area is 151 Å². The topological polar surface area (TPSA) is 62.5 Å². The molecule has 1 aliphatic carbocycles. The minimum Gasteiger partial charge on any atom is -0.340 e. The van der Waals surface area contributed by atoms with Crippen molar-refractivity contribution in [2.24, 2.45) is 5.92 Å². The van der Waals surface area contributed by atoms with E-state index in [1.165, 1.54) is 0 Å². The summed E-state index contributed by atoms with van der Waals surface area (Å²) in [5.41, 5.74) is 0. The number of allylic oxidation sites excluding steroid dienone is 2. The Hall–Kier alpha value is -1.99. The quantitative estimate of drug-likeness (QED) is 0.787. The molecule has 0 saturated carbocycles. The van der Waals surface area contributed by atoms with Gasteiger partial charge >= 0.3 is 0 Å². The predicted molar refractivity (Wildman–Crippen MR) is 95.9 cm³/mol. The number of hydrogen-bond donors (Lipinski definition) is 0. The fourth-order valence-electron chi connectivity index (χ4n) is 3.42. The standard InChI is InChI=1S/C18H22N4O2S/c23-18(14-5-2-1-3-6-14)22-10-8-21(9-11-22)13-16-19-17(20-24-16)15-7-4-12-25-15/h1-2,4,7,12,14H,3,5-6,8-11,13H2. The van der Waals surface area contributed by atoms with Crippen molar-refractivity contribution in [1.29, 1.82) is 0 Å². The third-order valence-corrected chi connectivity index (χ3v) is 5.74. The van der Waals surface area contributed by atoms with Crippen LogP contribution in [0.3, 0.4) is 0 Å². The average Bonchev–Trinajstić information content (AvgIpc) is 3.34. The van der Waals surface area contributed by atoms with Gasteiger partial charge in [-0.25, -0.2) is 0 Å². The van der Waals surface area contributed by atoms with E-state index in [0.29, 0.717) is 24.2 Å². The first-order valence-electron chi connectivity index (χ1n) is 8.82. The smallest absolute Gasteiger partial charge is 0.241 e. The van der Waals surface area contributed by atoms with Crippen molar-refractivity contribution in [2.45, 2.75) is 25.8 Å². The number of piperazine rings is 1. The minimum absolute atomic E-state index is 0.181. The third kappa shape index (κ3) is 3.82. The lowest BCUT2D eigenvalue weighted by Crippen LogP contribution is -2.50. The first kappa shape index (κ1) is 16.5. The molecule has 4 rings (SSSR count). The molecule has 7 heteroatoms. The number of aromatic nitrogens is 2. The Balaban J connectivity index is 1.29. The van der Waals surface area contributed by atoms with E-state index in [0.717, 1.165) is 50.3 Å². The molecule has 3 heterocycles. The summed E-state index contributed by atoms with van der Waals surface area (Å²) in [4.78, 5) is 22.4. The van der Waals surface area contributed by atoms with Crippen LogP contribution in [-0.4, -0.2) is 52.0 Å². The molecule has 132 valence electrons. The van der Waals surface area contributed by atoms with Gasteiger partial charge < -0.3 is 9.42 Å². The van der Waals surface area contributed by atoms with Crippen molar-refractivity contribution in [3.63, 3.8) is 0 Å². The highest BCUT2D eigenvalue weighted by molar-refractivity contribution is 7.13. The maximum absolute atomic E-state index is 12.6. The van der Waals surface area contributed by atoms with Gasteiger partial charge in [0.25, 0.3) is 0 Å². The van der Waals surface area contributed by atoms with E-state index in [1.54, 1.807) is 11.3 Å². The van der Waals surface area contributed by atoms with Crippen molar-refractivity contribution < 1.29 is 9.32 Å². The Bertz CT molecular complexity index is 732. The Morgan fingerprint density at radius 1 is 1.28 bits per heavy atom. The molecule has 2 aromatic heterocycles. The SMILES string of the molecule is O=C(C1CC=CCC1)N1CCN(Cc2nc(-c3cccs3)no2)CC1. The van der Waals surface area contributed by atoms with Gasteiger partial charge in [0.05, 0.1) is 11.4 Å². The Morgan fingerprint density at radius 2 is 2.16 bits per heavy atom. The molecule has 25 heavy (non-hydrogen) atoms. The number of amides is 1. The van der Waals surface area contributed by atoms with E-state index in [1.807, 2.05) is 22.4 Å². The molecule has 0 aromatic carbocycles. The summed E-state index contributed by atoms with van der Waals surface area (Å²) < 4.78 is 5.38. The first-order chi connectivity index (χ1) is 12.3. The van der Waals surface area contributed by atoms with Crippen LogP contribution in [0, 0.1) is 5.92 Å². The highest BCUT2D eigenvalue weighted by Crippen LogP contribution is 2.23. The van der Waals surface area contributed by atoms with Gasteiger partial charge in [0.2, 0.25) is 17.6 Å². The van der Waals surface area contributed by atoms with Crippen molar-refractivity contribution in [3.05, 3.63) is 35.6 Å². The lowest BCUT2D eigenvalue weighted by atomic mass is 9.93. The van der Waals surface area contributed by atoms with Crippen molar-refractivity contribution in [1.82, 2.24) is 19.9 Å². The molecule has 2 aliphatic rings. The summed E-state index contributed by atoms with van der Waals surface area (Å²) >= 11 is 1.60. The van der Waals surface area contributed by atoms with Crippen LogP contribution in [0.25, 0.3) is 10.7 Å². The molecule has 1 amide bonds. The summed E-state index contributed by atoms with van der Waals surface area (Å²) in [5, 5.41) is 6.06. The maximum Gasteiger partial charge on any atom is 0.241 e. The van der Waals surface area contributed by atoms with E-state index >= 15 is 0 Å². The summed E-state index contributed by atoms with van der Waals surface area (Å²) in [6.45, 7) is 3.92. The largest absolute Gasteiger partial charge is 0.340 e. The molecule has 6 nitrogen and oxygen atoms in total. The second-order valence-corrected chi connectivity index (χ2v) is 7.52. The van der Waals surface area contributed by atoms with E-state index < -0.39 is 0 Å². The lowest BCUT2D eigenvalue weighted by Gasteiger charge is -2.36. The summed E-state index contributed by atoms with van der Waals surface area (Å²) in [6, 6.07) is 3.97. The molecule has 0 radical (unpaired) electrons. The van der Waals surface area contributed by atoms with E-state index in [4.69, 9.17) is 4.52 Å². The fraction of sp³-hybridized carbons (Fsp3) is 0.500. The first-order valence-corrected chi connectivity index (χ1v) is 9.70. The number of thiophene rings is 1. The van der Waals surface area contributed by atoms with Gasteiger partial charge in [-0.05, 0) is 30.7 Å². The van der Waals surface area contributed by atoms with Crippen LogP contribution in [0.15, 0.2) is 34.2 Å². The molecule has 1 fully saturated rings. The lowest BCUT2D eigenvalue weighted by molar-refractivity contribution is -0.137. The van der Waals surface area contributed by atoms with Crippen LogP contribution in [0.5, 0.6) is 0 Å². The van der Waals surface area contributed by atoms with Crippen molar-refractivity contribution in [3.8, 4) is 10.7 Å². The molecule has 1 saturated heterocycles. The van der Waals surface area contributed by atoms with Gasteiger partial charge in [-0.3, -0.25) is 9.69 Å². The van der Waals surface area contributed by atoms with Crippen LogP contribution in [0.1, 0.15) is 25.2 Å². The molecular weight excluding hydrogens is 336 g/mol. The normalized spacial score (nSPS) is 21.6. The fourth-order valence-corrected chi connectivity index (χ4v) is 4.07. The Kier molecular flexibility index (Phi) is 4.94. The number of carbonyl (C=O) groups is 1. The van der Waals surface area contributed by atoms with Crippen LogP contribution in [-0.2, 0) is 11.3 Å². The zero-order valence-corrected chi connectivity index (χ0v) is 15.0. The summed E-state index contributed by atoms with van der Waals surface area (Å²) in [7, 11) is 0. The molecule has 1 unspecified atom stereocenters. The Morgan fingerprint density at radius 3 is 2.88 bits per heavy atom. The molecule has 0 spiro atoms. The molecule has 1 aliphatic heterocycles. The number of nitrogens with zero attached hydrogens (tertiary/aromatic N) is 4. The van der Waals surface area contributed by atoms with Gasteiger partial charge in [0.15, 0.2) is 0 Å². The van der Waals surface area contributed by atoms with Crippen molar-refractivity contribution in [2.75, 3.05) is 26.2 Å². The van der Waals surface area contributed by atoms with Gasteiger partial charge in [-0.15, -0.1) is 11.3 Å². The van der Waals surface area contributed by atoms with Gasteiger partial charge in [0.1, 0.15) is 0 Å². The van der Waals surface area contributed by atoms with Crippen LogP contribution >= 0.6 is 11.3 Å². The third-order valence-electron chi connectivity index (χ3n) is 4.87. The maximum atomic E-state index is 12.6. The van der Waals surface area contributed by atoms with Crippen LogP contribution < -0.4 is 0 Å². The monoisotopic (exact) mass is 358 g/mol. The summed E-state index contributed by atoms with van der Waals surface area (Å²) in [5.74, 6) is 1.80. The van der Waals surface area contributed by atoms with Crippen LogP contribution in [0.2, 0.25) is 0 Å². The van der Waals surface area contributed by atoms with E-state index in [9.17, 15) is 4.79 Å². The molecule has 0 N–H and O–H groups in total. The minimum atomic E-state index is 0.181. The van der Waals surface area contributed by atoms with Crippen LogP contribution in [0.4, 0.5) is 0 Å². The zero-order valence-electron chi connectivity index (χ0n) is 14.1. The highest BCUT2D eigenvalue weighted by Gasteiger charge is 2.27. The average molecular weight is 358 g/mol. The highest BCUT2D eigenvalue weighted by atomic mass is 32.1. The molecule has 2 aromatic rings. The number of hydrogen-bond acceptors (Lipinski definition) is 6.